The third-order valence-electron chi connectivity index (χ3n) is 12.4. The maximum absolute atomic E-state index is 13.0. The molecule has 0 aliphatic carbocycles. The molecule has 0 aromatic heterocycles. The Morgan fingerprint density at radius 3 is 1.37 bits per heavy atom. The Morgan fingerprint density at radius 1 is 0.524 bits per heavy atom. The van der Waals surface area contributed by atoms with Crippen molar-refractivity contribution < 1.29 is 39.8 Å². The lowest BCUT2D eigenvalue weighted by atomic mass is 9.99. The van der Waals surface area contributed by atoms with E-state index in [1.54, 1.807) is 6.08 Å². The number of hydrogen-bond donors (Lipinski definition) is 6. The fourth-order valence-electron chi connectivity index (χ4n) is 8.12. The van der Waals surface area contributed by atoms with Crippen LogP contribution in [-0.4, -0.2) is 87.5 Å². The van der Waals surface area contributed by atoms with E-state index in [0.717, 1.165) is 51.4 Å². The smallest absolute Gasteiger partial charge is 0.220 e. The van der Waals surface area contributed by atoms with E-state index in [2.05, 4.69) is 55.6 Å². The van der Waals surface area contributed by atoms with Crippen molar-refractivity contribution in [1.82, 2.24) is 5.32 Å². The van der Waals surface area contributed by atoms with E-state index < -0.39 is 49.5 Å². The molecule has 368 valence electrons. The number of ether oxygens (including phenoxy) is 2. The van der Waals surface area contributed by atoms with E-state index in [0.29, 0.717) is 6.42 Å². The summed E-state index contributed by atoms with van der Waals surface area (Å²) in [5.74, 6) is -0.192. The van der Waals surface area contributed by atoms with Crippen LogP contribution in [0.1, 0.15) is 232 Å². The van der Waals surface area contributed by atoms with Crippen molar-refractivity contribution in [3.63, 3.8) is 0 Å². The van der Waals surface area contributed by atoms with Gasteiger partial charge in [-0.1, -0.05) is 204 Å². The Morgan fingerprint density at radius 2 is 0.905 bits per heavy atom. The van der Waals surface area contributed by atoms with E-state index in [-0.39, 0.29) is 12.5 Å². The largest absolute Gasteiger partial charge is 0.394 e. The van der Waals surface area contributed by atoms with Crippen LogP contribution in [0.5, 0.6) is 0 Å². The van der Waals surface area contributed by atoms with E-state index in [1.807, 2.05) is 6.08 Å². The van der Waals surface area contributed by atoms with Gasteiger partial charge in [0, 0.05) is 6.42 Å². The summed E-state index contributed by atoms with van der Waals surface area (Å²) < 4.78 is 11.2. The van der Waals surface area contributed by atoms with Gasteiger partial charge in [0.2, 0.25) is 5.91 Å². The van der Waals surface area contributed by atoms with Crippen LogP contribution in [0.25, 0.3) is 0 Å². The van der Waals surface area contributed by atoms with Crippen molar-refractivity contribution in [3.8, 4) is 0 Å². The second kappa shape index (κ2) is 44.0. The number of carbonyl (C=O) groups is 1. The lowest BCUT2D eigenvalue weighted by molar-refractivity contribution is -0.302. The molecule has 0 saturated carbocycles. The summed E-state index contributed by atoms with van der Waals surface area (Å²) >= 11 is 0. The summed E-state index contributed by atoms with van der Waals surface area (Å²) in [6.07, 6.45) is 50.4. The Balaban J connectivity index is 2.22. The molecule has 63 heavy (non-hydrogen) atoms. The number of amides is 1. The Kier molecular flexibility index (Phi) is 41.3. The number of hydrogen-bond acceptors (Lipinski definition) is 8. The van der Waals surface area contributed by atoms with Gasteiger partial charge in [0.25, 0.3) is 0 Å². The number of carbonyl (C=O) groups excluding carboxylic acids is 1. The molecule has 1 heterocycles. The molecule has 1 rings (SSSR count). The number of aliphatic hydroxyl groups excluding tert-OH is 5. The molecule has 9 heteroatoms. The third-order valence-corrected chi connectivity index (χ3v) is 12.4. The van der Waals surface area contributed by atoms with Crippen molar-refractivity contribution in [2.75, 3.05) is 13.2 Å². The molecule has 6 N–H and O–H groups in total. The molecule has 9 nitrogen and oxygen atoms in total. The second-order valence-electron chi connectivity index (χ2n) is 18.3. The molecule has 0 radical (unpaired) electrons. The van der Waals surface area contributed by atoms with E-state index >= 15 is 0 Å². The first-order valence-electron chi connectivity index (χ1n) is 26.4. The standard InChI is InChI=1S/C54H99NO8/c1-3-5-7-9-11-13-15-17-18-19-20-21-22-23-24-25-26-27-28-29-30-32-34-36-38-40-42-44-50(58)55-47(46-62-54-53(61)52(60)51(59)49(45-56)63-54)48(57)43-41-39-37-35-33-31-16-14-12-10-8-6-4-2/h12,14,23-24,33,35,41,43,47-49,51-54,56-57,59-61H,3-11,13,15-22,25-32,34,36-40,42,44-46H2,1-2H3,(H,55,58)/b14-12+,24-23-,35-33+,43-41+. The molecule has 1 saturated heterocycles. The highest BCUT2D eigenvalue weighted by atomic mass is 16.7. The van der Waals surface area contributed by atoms with Gasteiger partial charge < -0.3 is 40.3 Å². The first-order valence-corrected chi connectivity index (χ1v) is 26.4. The predicted molar refractivity (Wildman–Crippen MR) is 263 cm³/mol. The monoisotopic (exact) mass is 890 g/mol. The maximum atomic E-state index is 13.0. The molecule has 0 aromatic rings. The summed E-state index contributed by atoms with van der Waals surface area (Å²) in [5.41, 5.74) is 0. The van der Waals surface area contributed by atoms with Crippen LogP contribution in [0.4, 0.5) is 0 Å². The number of unbranched alkanes of at least 4 members (excludes halogenated alkanes) is 28. The summed E-state index contributed by atoms with van der Waals surface area (Å²) in [4.78, 5) is 13.0. The zero-order valence-electron chi connectivity index (χ0n) is 40.6. The van der Waals surface area contributed by atoms with Crippen LogP contribution in [0.3, 0.4) is 0 Å². The van der Waals surface area contributed by atoms with Crippen molar-refractivity contribution in [1.29, 1.82) is 0 Å². The zero-order chi connectivity index (χ0) is 45.9. The third kappa shape index (κ3) is 34.2. The number of aliphatic hydroxyl groups is 5. The van der Waals surface area contributed by atoms with Gasteiger partial charge in [-0.05, 0) is 70.6 Å². The first kappa shape index (κ1) is 59.2. The second-order valence-corrected chi connectivity index (χ2v) is 18.3. The highest BCUT2D eigenvalue weighted by Gasteiger charge is 2.44. The maximum Gasteiger partial charge on any atom is 0.220 e. The molecule has 1 amide bonds. The average molecular weight is 890 g/mol. The molecule has 1 aliphatic rings. The predicted octanol–water partition coefficient (Wildman–Crippen LogP) is 12.2. The summed E-state index contributed by atoms with van der Waals surface area (Å²) in [5, 5.41) is 54.2. The van der Waals surface area contributed by atoms with Gasteiger partial charge in [0.05, 0.1) is 25.4 Å². The van der Waals surface area contributed by atoms with Gasteiger partial charge >= 0.3 is 0 Å². The highest BCUT2D eigenvalue weighted by molar-refractivity contribution is 5.76. The van der Waals surface area contributed by atoms with Gasteiger partial charge in [0.15, 0.2) is 6.29 Å². The molecular formula is C54H99NO8. The number of rotatable bonds is 44. The van der Waals surface area contributed by atoms with E-state index in [4.69, 9.17) is 9.47 Å². The van der Waals surface area contributed by atoms with Crippen LogP contribution < -0.4 is 5.32 Å². The number of nitrogens with one attached hydrogen (secondary N) is 1. The molecule has 0 bridgehead atoms. The Bertz CT molecular complexity index is 1130. The lowest BCUT2D eigenvalue weighted by Crippen LogP contribution is -2.60. The SMILES string of the molecule is CCCCC/C=C/CC/C=C/CC/C=C/C(O)C(COC1OC(CO)C(O)C(O)C1O)NC(=O)CCCCCCCCCCCCC/C=C\CCCCCCCCCCCCCC. The van der Waals surface area contributed by atoms with Crippen molar-refractivity contribution in [3.05, 3.63) is 48.6 Å². The first-order chi connectivity index (χ1) is 30.8. The molecule has 1 aliphatic heterocycles. The normalized spacial score (nSPS) is 20.5. The van der Waals surface area contributed by atoms with Gasteiger partial charge in [-0.15, -0.1) is 0 Å². The van der Waals surface area contributed by atoms with Gasteiger partial charge in [0.1, 0.15) is 24.4 Å². The molecule has 7 unspecified atom stereocenters. The minimum absolute atomic E-state index is 0.192. The average Bonchev–Trinajstić information content (AvgIpc) is 3.28. The zero-order valence-corrected chi connectivity index (χ0v) is 40.6. The van der Waals surface area contributed by atoms with Crippen molar-refractivity contribution >= 4 is 5.91 Å². The highest BCUT2D eigenvalue weighted by Crippen LogP contribution is 2.23. The minimum Gasteiger partial charge on any atom is -0.394 e. The lowest BCUT2D eigenvalue weighted by Gasteiger charge is -2.40. The molecule has 1 fully saturated rings. The fourth-order valence-corrected chi connectivity index (χ4v) is 8.12. The fraction of sp³-hybridized carbons (Fsp3) is 0.833. The van der Waals surface area contributed by atoms with Crippen molar-refractivity contribution in [2.45, 2.75) is 275 Å². The van der Waals surface area contributed by atoms with Crippen LogP contribution in [0.2, 0.25) is 0 Å². The molecule has 7 atom stereocenters. The van der Waals surface area contributed by atoms with Gasteiger partial charge in [-0.2, -0.15) is 0 Å². The van der Waals surface area contributed by atoms with Gasteiger partial charge in [-0.25, -0.2) is 0 Å². The molecule has 0 spiro atoms. The van der Waals surface area contributed by atoms with Gasteiger partial charge in [-0.3, -0.25) is 4.79 Å². The van der Waals surface area contributed by atoms with Crippen LogP contribution >= 0.6 is 0 Å². The number of allylic oxidation sites excluding steroid dienone is 7. The van der Waals surface area contributed by atoms with Crippen molar-refractivity contribution in [2.24, 2.45) is 0 Å². The van der Waals surface area contributed by atoms with Crippen LogP contribution in [0.15, 0.2) is 48.6 Å². The van der Waals surface area contributed by atoms with Crippen LogP contribution in [0, 0.1) is 0 Å². The molecular weight excluding hydrogens is 791 g/mol. The summed E-state index contributed by atoms with van der Waals surface area (Å²) in [6, 6.07) is -0.828. The molecule has 0 aromatic carbocycles. The summed E-state index contributed by atoms with van der Waals surface area (Å²) in [6.45, 7) is 3.73. The topological polar surface area (TPSA) is 149 Å². The Labute approximate surface area is 386 Å². The quantitative estimate of drug-likeness (QED) is 0.0262. The Hall–Kier alpha value is -1.85. The minimum atomic E-state index is -1.57. The summed E-state index contributed by atoms with van der Waals surface area (Å²) in [7, 11) is 0. The van der Waals surface area contributed by atoms with E-state index in [1.165, 1.54) is 161 Å². The van der Waals surface area contributed by atoms with Crippen LogP contribution in [-0.2, 0) is 14.3 Å². The van der Waals surface area contributed by atoms with E-state index in [9.17, 15) is 30.3 Å².